The molecule has 0 saturated heterocycles. The summed E-state index contributed by atoms with van der Waals surface area (Å²) in [5, 5.41) is 3.02. The van der Waals surface area contributed by atoms with Gasteiger partial charge in [0.1, 0.15) is 0 Å². The quantitative estimate of drug-likeness (QED) is 0.721. The summed E-state index contributed by atoms with van der Waals surface area (Å²) in [5.41, 5.74) is 4.76. The predicted octanol–water partition coefficient (Wildman–Crippen LogP) is 4.90. The number of anilines is 1. The molecule has 0 spiro atoms. The average Bonchev–Trinajstić information content (AvgIpc) is 2.65. The van der Waals surface area contributed by atoms with Crippen LogP contribution >= 0.6 is 11.8 Å². The van der Waals surface area contributed by atoms with Gasteiger partial charge in [0.2, 0.25) is 0 Å². The molecular formula is C23H30N2OS. The molecule has 1 aliphatic rings. The number of aryl methyl sites for hydroxylation is 1. The number of para-hydroxylation sites is 1. The zero-order chi connectivity index (χ0) is 19.3. The highest BCUT2D eigenvalue weighted by molar-refractivity contribution is 8.00. The molecule has 0 aromatic heterocycles. The Hall–Kier alpha value is -1.94. The molecule has 0 aliphatic carbocycles. The maximum absolute atomic E-state index is 12.3. The van der Waals surface area contributed by atoms with Crippen LogP contribution in [-0.2, 0) is 13.0 Å². The molecule has 1 amide bonds. The van der Waals surface area contributed by atoms with E-state index >= 15 is 0 Å². The van der Waals surface area contributed by atoms with Crippen LogP contribution in [0.4, 0.5) is 5.69 Å². The van der Waals surface area contributed by atoms with E-state index in [1.54, 1.807) is 0 Å². The predicted molar refractivity (Wildman–Crippen MR) is 117 cm³/mol. The first kappa shape index (κ1) is 19.8. The first-order valence-corrected chi connectivity index (χ1v) is 10.7. The fraction of sp³-hybridized carbons (Fsp3) is 0.435. The second kappa shape index (κ2) is 8.83. The van der Waals surface area contributed by atoms with Gasteiger partial charge >= 0.3 is 0 Å². The van der Waals surface area contributed by atoms with Crippen molar-refractivity contribution in [1.82, 2.24) is 5.32 Å². The van der Waals surface area contributed by atoms with Crippen LogP contribution in [-0.4, -0.2) is 29.5 Å². The molecule has 0 unspecified atom stereocenters. The minimum absolute atomic E-state index is 0.0133. The summed E-state index contributed by atoms with van der Waals surface area (Å²) in [7, 11) is 0. The fourth-order valence-corrected chi connectivity index (χ4v) is 4.20. The molecule has 27 heavy (non-hydrogen) atoms. The first-order chi connectivity index (χ1) is 12.9. The molecule has 0 atom stereocenters. The Bertz CT molecular complexity index is 765. The summed E-state index contributed by atoms with van der Waals surface area (Å²) in [4.78, 5) is 14.7. The molecule has 144 valence electrons. The van der Waals surface area contributed by atoms with Gasteiger partial charge in [0.15, 0.2) is 0 Å². The van der Waals surface area contributed by atoms with Crippen LogP contribution in [0.1, 0.15) is 48.7 Å². The molecule has 0 radical (unpaired) electrons. The van der Waals surface area contributed by atoms with Gasteiger partial charge < -0.3 is 10.2 Å². The summed E-state index contributed by atoms with van der Waals surface area (Å²) in [6.45, 7) is 9.26. The Morgan fingerprint density at radius 1 is 1.11 bits per heavy atom. The van der Waals surface area contributed by atoms with Gasteiger partial charge in [-0.1, -0.05) is 51.1 Å². The molecule has 2 aromatic carbocycles. The van der Waals surface area contributed by atoms with E-state index in [-0.39, 0.29) is 10.7 Å². The van der Waals surface area contributed by atoms with Crippen molar-refractivity contribution in [2.24, 2.45) is 0 Å². The number of hydrogen-bond donors (Lipinski definition) is 1. The van der Waals surface area contributed by atoms with E-state index in [1.807, 2.05) is 23.9 Å². The average molecular weight is 383 g/mol. The lowest BCUT2D eigenvalue weighted by molar-refractivity contribution is 0.0956. The lowest BCUT2D eigenvalue weighted by atomic mass is 10.0. The van der Waals surface area contributed by atoms with Crippen LogP contribution in [0.3, 0.4) is 0 Å². The monoisotopic (exact) mass is 382 g/mol. The Balaban J connectivity index is 1.54. The maximum Gasteiger partial charge on any atom is 0.251 e. The molecule has 2 aromatic rings. The Morgan fingerprint density at radius 2 is 1.85 bits per heavy atom. The number of nitrogens with one attached hydrogen (secondary N) is 1. The van der Waals surface area contributed by atoms with Crippen LogP contribution < -0.4 is 10.2 Å². The third-order valence-electron chi connectivity index (χ3n) is 4.72. The van der Waals surface area contributed by atoms with E-state index in [0.29, 0.717) is 6.54 Å². The zero-order valence-electron chi connectivity index (χ0n) is 16.6. The van der Waals surface area contributed by atoms with E-state index in [0.717, 1.165) is 24.4 Å². The summed E-state index contributed by atoms with van der Waals surface area (Å²) >= 11 is 1.87. The molecule has 1 heterocycles. The summed E-state index contributed by atoms with van der Waals surface area (Å²) < 4.78 is 0.236. The van der Waals surface area contributed by atoms with Crippen molar-refractivity contribution in [3.05, 3.63) is 65.2 Å². The van der Waals surface area contributed by atoms with Crippen molar-refractivity contribution >= 4 is 23.4 Å². The highest BCUT2D eigenvalue weighted by Gasteiger charge is 2.16. The number of thioether (sulfide) groups is 1. The third-order valence-corrected chi connectivity index (χ3v) is 5.99. The summed E-state index contributed by atoms with van der Waals surface area (Å²) in [5.74, 6) is 0.946. The van der Waals surface area contributed by atoms with Gasteiger partial charge in [0, 0.05) is 41.4 Å². The van der Waals surface area contributed by atoms with Gasteiger partial charge in [-0.3, -0.25) is 4.79 Å². The summed E-state index contributed by atoms with van der Waals surface area (Å²) in [6.07, 6.45) is 2.36. The Kier molecular flexibility index (Phi) is 6.48. The van der Waals surface area contributed by atoms with Gasteiger partial charge in [0.25, 0.3) is 5.91 Å². The van der Waals surface area contributed by atoms with Crippen molar-refractivity contribution in [2.75, 3.05) is 23.7 Å². The molecule has 0 bridgehead atoms. The molecule has 3 rings (SSSR count). The van der Waals surface area contributed by atoms with E-state index in [1.165, 1.54) is 29.7 Å². The molecular weight excluding hydrogens is 352 g/mol. The number of rotatable bonds is 6. The lowest BCUT2D eigenvalue weighted by Crippen LogP contribution is -2.29. The maximum atomic E-state index is 12.3. The Morgan fingerprint density at radius 3 is 2.59 bits per heavy atom. The largest absolute Gasteiger partial charge is 0.367 e. The Labute approximate surface area is 167 Å². The number of benzene rings is 2. The normalized spacial score (nSPS) is 14.0. The van der Waals surface area contributed by atoms with Gasteiger partial charge in [-0.05, 0) is 42.2 Å². The number of hydrogen-bond acceptors (Lipinski definition) is 3. The van der Waals surface area contributed by atoms with Crippen molar-refractivity contribution in [3.63, 3.8) is 0 Å². The standard InChI is InChI=1S/C23H30N2OS/c1-23(2,3)27-16-14-24-22(26)20-12-10-18(11-13-20)17-25-15-6-8-19-7-4-5-9-21(19)25/h4-5,7,9-13H,6,8,14-17H2,1-3H3,(H,24,26). The molecule has 1 N–H and O–H groups in total. The van der Waals surface area contributed by atoms with Crippen molar-refractivity contribution in [1.29, 1.82) is 0 Å². The van der Waals surface area contributed by atoms with E-state index in [2.05, 4.69) is 67.4 Å². The number of amides is 1. The number of nitrogens with zero attached hydrogens (tertiary/aromatic N) is 1. The van der Waals surface area contributed by atoms with Crippen molar-refractivity contribution < 1.29 is 4.79 Å². The number of carbonyl (C=O) groups is 1. The fourth-order valence-electron chi connectivity index (χ4n) is 3.38. The van der Waals surface area contributed by atoms with Gasteiger partial charge in [-0.15, -0.1) is 0 Å². The van der Waals surface area contributed by atoms with Crippen LogP contribution in [0.15, 0.2) is 48.5 Å². The van der Waals surface area contributed by atoms with Gasteiger partial charge in [0.05, 0.1) is 0 Å². The molecule has 0 saturated carbocycles. The van der Waals surface area contributed by atoms with Crippen molar-refractivity contribution in [2.45, 2.75) is 44.9 Å². The lowest BCUT2D eigenvalue weighted by Gasteiger charge is -2.31. The first-order valence-electron chi connectivity index (χ1n) is 9.76. The molecule has 0 fully saturated rings. The second-order valence-corrected chi connectivity index (χ2v) is 9.99. The van der Waals surface area contributed by atoms with E-state index in [4.69, 9.17) is 0 Å². The second-order valence-electron chi connectivity index (χ2n) is 8.07. The molecule has 3 nitrogen and oxygen atoms in total. The highest BCUT2D eigenvalue weighted by atomic mass is 32.2. The molecule has 1 aliphatic heterocycles. The highest BCUT2D eigenvalue weighted by Crippen LogP contribution is 2.28. The topological polar surface area (TPSA) is 32.3 Å². The number of fused-ring (bicyclic) bond motifs is 1. The van der Waals surface area contributed by atoms with Gasteiger partial charge in [-0.25, -0.2) is 0 Å². The minimum Gasteiger partial charge on any atom is -0.367 e. The van der Waals surface area contributed by atoms with Crippen LogP contribution in [0.5, 0.6) is 0 Å². The van der Waals surface area contributed by atoms with Crippen LogP contribution in [0.25, 0.3) is 0 Å². The minimum atomic E-state index is 0.0133. The van der Waals surface area contributed by atoms with Crippen molar-refractivity contribution in [3.8, 4) is 0 Å². The smallest absolute Gasteiger partial charge is 0.251 e. The van der Waals surface area contributed by atoms with E-state index < -0.39 is 0 Å². The SMILES string of the molecule is CC(C)(C)SCCNC(=O)c1ccc(CN2CCCc3ccccc32)cc1. The van der Waals surface area contributed by atoms with Crippen LogP contribution in [0, 0.1) is 0 Å². The summed E-state index contributed by atoms with van der Waals surface area (Å²) in [6, 6.07) is 16.7. The van der Waals surface area contributed by atoms with E-state index in [9.17, 15) is 4.79 Å². The van der Waals surface area contributed by atoms with Gasteiger partial charge in [-0.2, -0.15) is 11.8 Å². The number of carbonyl (C=O) groups excluding carboxylic acids is 1. The van der Waals surface area contributed by atoms with Crippen LogP contribution in [0.2, 0.25) is 0 Å². The zero-order valence-corrected chi connectivity index (χ0v) is 17.4. The molecule has 4 heteroatoms. The third kappa shape index (κ3) is 5.77.